The number of amides is 1. The lowest BCUT2D eigenvalue weighted by atomic mass is 10.2. The van der Waals surface area contributed by atoms with E-state index in [0.717, 1.165) is 31.5 Å². The van der Waals surface area contributed by atoms with Crippen molar-refractivity contribution in [3.05, 3.63) is 33.4 Å². The third-order valence-corrected chi connectivity index (χ3v) is 4.62. The molecule has 0 bridgehead atoms. The molecule has 3 rings (SSSR count). The Kier molecular flexibility index (Phi) is 4.07. The van der Waals surface area contributed by atoms with Gasteiger partial charge in [0.05, 0.1) is 16.3 Å². The van der Waals surface area contributed by atoms with Crippen molar-refractivity contribution in [3.63, 3.8) is 0 Å². The molecule has 0 saturated carbocycles. The number of aryl methyl sites for hydroxylation is 2. The SMILES string of the molecule is CCNc1ncc(C(=O)Nc2nc3c(s2)CCC3)cc1Cl. The largest absolute Gasteiger partial charge is 0.369 e. The van der Waals surface area contributed by atoms with Crippen LogP contribution in [0.1, 0.15) is 34.3 Å². The Balaban J connectivity index is 1.74. The second-order valence-electron chi connectivity index (χ2n) is 4.78. The molecule has 0 atom stereocenters. The summed E-state index contributed by atoms with van der Waals surface area (Å²) in [5.74, 6) is 0.351. The number of thiazole rings is 1. The first kappa shape index (κ1) is 14.3. The Bertz CT molecular complexity index is 664. The summed E-state index contributed by atoms with van der Waals surface area (Å²) in [5, 5.41) is 6.93. The fourth-order valence-electron chi connectivity index (χ4n) is 2.27. The molecule has 0 aliphatic heterocycles. The minimum absolute atomic E-state index is 0.236. The van der Waals surface area contributed by atoms with Gasteiger partial charge in [0, 0.05) is 17.6 Å². The van der Waals surface area contributed by atoms with Gasteiger partial charge in [-0.05, 0) is 32.3 Å². The summed E-state index contributed by atoms with van der Waals surface area (Å²) in [6.07, 6.45) is 4.74. The molecule has 1 aliphatic rings. The molecule has 110 valence electrons. The Morgan fingerprint density at radius 2 is 2.33 bits per heavy atom. The molecule has 0 unspecified atom stereocenters. The van der Waals surface area contributed by atoms with Gasteiger partial charge in [-0.2, -0.15) is 0 Å². The number of hydrogen-bond donors (Lipinski definition) is 2. The van der Waals surface area contributed by atoms with Gasteiger partial charge in [-0.1, -0.05) is 11.6 Å². The Morgan fingerprint density at radius 1 is 1.48 bits per heavy atom. The van der Waals surface area contributed by atoms with Gasteiger partial charge in [-0.3, -0.25) is 10.1 Å². The van der Waals surface area contributed by atoms with Crippen molar-refractivity contribution in [2.75, 3.05) is 17.2 Å². The highest BCUT2D eigenvalue weighted by Crippen LogP contribution is 2.30. The maximum atomic E-state index is 12.2. The van der Waals surface area contributed by atoms with Crippen molar-refractivity contribution in [1.29, 1.82) is 0 Å². The molecule has 0 saturated heterocycles. The smallest absolute Gasteiger partial charge is 0.259 e. The predicted octanol–water partition coefficient (Wildman–Crippen LogP) is 3.36. The average molecular weight is 323 g/mol. The van der Waals surface area contributed by atoms with E-state index in [1.54, 1.807) is 17.4 Å². The number of fused-ring (bicyclic) bond motifs is 1. The van der Waals surface area contributed by atoms with E-state index in [-0.39, 0.29) is 5.91 Å². The number of rotatable bonds is 4. The molecule has 2 N–H and O–H groups in total. The maximum absolute atomic E-state index is 12.2. The van der Waals surface area contributed by atoms with Crippen LogP contribution in [0.25, 0.3) is 0 Å². The quantitative estimate of drug-likeness (QED) is 0.905. The monoisotopic (exact) mass is 322 g/mol. The molecule has 1 amide bonds. The first-order valence-corrected chi connectivity index (χ1v) is 8.06. The molecule has 1 aliphatic carbocycles. The zero-order valence-corrected chi connectivity index (χ0v) is 13.1. The van der Waals surface area contributed by atoms with E-state index in [1.165, 1.54) is 11.1 Å². The number of aromatic nitrogens is 2. The molecular weight excluding hydrogens is 308 g/mol. The van der Waals surface area contributed by atoms with Crippen molar-refractivity contribution < 1.29 is 4.79 Å². The summed E-state index contributed by atoms with van der Waals surface area (Å²) < 4.78 is 0. The van der Waals surface area contributed by atoms with Gasteiger partial charge in [0.1, 0.15) is 5.82 Å². The van der Waals surface area contributed by atoms with Gasteiger partial charge < -0.3 is 5.32 Å². The number of halogens is 1. The summed E-state index contributed by atoms with van der Waals surface area (Å²) in [6.45, 7) is 2.68. The number of anilines is 2. The highest BCUT2D eigenvalue weighted by molar-refractivity contribution is 7.16. The number of nitrogens with zero attached hydrogens (tertiary/aromatic N) is 2. The van der Waals surface area contributed by atoms with Crippen LogP contribution in [-0.2, 0) is 12.8 Å². The standard InChI is InChI=1S/C14H15ClN4OS/c1-2-16-12-9(15)6-8(7-17-12)13(20)19-14-18-10-4-3-5-11(10)21-14/h6-7H,2-5H2,1H3,(H,16,17)(H,18,19,20). The van der Waals surface area contributed by atoms with Crippen LogP contribution in [0.2, 0.25) is 5.02 Å². The summed E-state index contributed by atoms with van der Waals surface area (Å²) >= 11 is 7.65. The second kappa shape index (κ2) is 5.99. The molecule has 0 radical (unpaired) electrons. The molecule has 2 aromatic heterocycles. The Labute approximate surface area is 131 Å². The molecule has 0 spiro atoms. The van der Waals surface area contributed by atoms with Crippen LogP contribution in [0, 0.1) is 0 Å². The average Bonchev–Trinajstić information content (AvgIpc) is 3.02. The van der Waals surface area contributed by atoms with Crippen molar-refractivity contribution in [2.45, 2.75) is 26.2 Å². The van der Waals surface area contributed by atoms with E-state index in [0.29, 0.717) is 21.5 Å². The topological polar surface area (TPSA) is 66.9 Å². The number of hydrogen-bond acceptors (Lipinski definition) is 5. The van der Waals surface area contributed by atoms with E-state index < -0.39 is 0 Å². The molecule has 21 heavy (non-hydrogen) atoms. The van der Waals surface area contributed by atoms with Crippen LogP contribution in [0.5, 0.6) is 0 Å². The van der Waals surface area contributed by atoms with E-state index in [4.69, 9.17) is 11.6 Å². The van der Waals surface area contributed by atoms with Crippen molar-refractivity contribution in [3.8, 4) is 0 Å². The van der Waals surface area contributed by atoms with Crippen molar-refractivity contribution in [2.24, 2.45) is 0 Å². The van der Waals surface area contributed by atoms with E-state index in [9.17, 15) is 4.79 Å². The first-order valence-electron chi connectivity index (χ1n) is 6.86. The number of pyridine rings is 1. The summed E-state index contributed by atoms with van der Waals surface area (Å²) in [4.78, 5) is 22.1. The lowest BCUT2D eigenvalue weighted by molar-refractivity contribution is 0.102. The molecule has 2 heterocycles. The van der Waals surface area contributed by atoms with Gasteiger partial charge in [0.25, 0.3) is 5.91 Å². The Morgan fingerprint density at radius 3 is 3.05 bits per heavy atom. The van der Waals surface area contributed by atoms with E-state index in [2.05, 4.69) is 20.6 Å². The molecule has 0 aromatic carbocycles. The van der Waals surface area contributed by atoms with Gasteiger partial charge in [-0.15, -0.1) is 11.3 Å². The van der Waals surface area contributed by atoms with Gasteiger partial charge in [0.2, 0.25) is 0 Å². The van der Waals surface area contributed by atoms with E-state index >= 15 is 0 Å². The highest BCUT2D eigenvalue weighted by Gasteiger charge is 2.18. The first-order chi connectivity index (χ1) is 10.2. The highest BCUT2D eigenvalue weighted by atomic mass is 35.5. The summed E-state index contributed by atoms with van der Waals surface area (Å²) in [6, 6.07) is 1.61. The zero-order chi connectivity index (χ0) is 14.8. The lowest BCUT2D eigenvalue weighted by Crippen LogP contribution is -2.13. The van der Waals surface area contributed by atoms with Gasteiger partial charge in [-0.25, -0.2) is 9.97 Å². The molecule has 2 aromatic rings. The normalized spacial score (nSPS) is 13.0. The number of carbonyl (C=O) groups is 1. The van der Waals surface area contributed by atoms with Crippen LogP contribution in [0.3, 0.4) is 0 Å². The summed E-state index contributed by atoms with van der Waals surface area (Å²) in [5.41, 5.74) is 1.55. The predicted molar refractivity (Wildman–Crippen MR) is 85.5 cm³/mol. The fraction of sp³-hybridized carbons (Fsp3) is 0.357. The van der Waals surface area contributed by atoms with Crippen molar-refractivity contribution in [1.82, 2.24) is 9.97 Å². The lowest BCUT2D eigenvalue weighted by Gasteiger charge is -2.06. The van der Waals surface area contributed by atoms with Crippen LogP contribution >= 0.6 is 22.9 Å². The zero-order valence-electron chi connectivity index (χ0n) is 11.6. The third kappa shape index (κ3) is 3.01. The van der Waals surface area contributed by atoms with Crippen LogP contribution in [0.4, 0.5) is 10.9 Å². The Hall–Kier alpha value is -1.66. The van der Waals surface area contributed by atoms with E-state index in [1.807, 2.05) is 6.92 Å². The van der Waals surface area contributed by atoms with Crippen LogP contribution in [0.15, 0.2) is 12.3 Å². The summed E-state index contributed by atoms with van der Waals surface area (Å²) in [7, 11) is 0. The third-order valence-electron chi connectivity index (χ3n) is 3.26. The van der Waals surface area contributed by atoms with Crippen LogP contribution < -0.4 is 10.6 Å². The minimum Gasteiger partial charge on any atom is -0.369 e. The van der Waals surface area contributed by atoms with Gasteiger partial charge in [0.15, 0.2) is 5.13 Å². The second-order valence-corrected chi connectivity index (χ2v) is 6.27. The molecule has 7 heteroatoms. The minimum atomic E-state index is -0.236. The maximum Gasteiger partial charge on any atom is 0.259 e. The fourth-order valence-corrected chi connectivity index (χ4v) is 3.55. The van der Waals surface area contributed by atoms with Gasteiger partial charge >= 0.3 is 0 Å². The van der Waals surface area contributed by atoms with Crippen molar-refractivity contribution >= 4 is 39.8 Å². The molecular formula is C14H15ClN4OS. The molecule has 0 fully saturated rings. The van der Waals surface area contributed by atoms with Crippen LogP contribution in [-0.4, -0.2) is 22.4 Å². The number of carbonyl (C=O) groups excluding carboxylic acids is 1. The molecule has 5 nitrogen and oxygen atoms in total. The number of nitrogens with one attached hydrogen (secondary N) is 2.